The van der Waals surface area contributed by atoms with Gasteiger partial charge in [0.05, 0.1) is 5.69 Å². The number of amides is 2. The molecule has 0 fully saturated rings. The maximum atomic E-state index is 11.5. The smallest absolute Gasteiger partial charge is 0.243 e. The minimum Gasteiger partial charge on any atom is -0.382 e. The number of carbonyl (C=O) groups excluding carboxylic acids is 2. The third-order valence-electron chi connectivity index (χ3n) is 2.81. The summed E-state index contributed by atoms with van der Waals surface area (Å²) in [6.07, 6.45) is 6.13. The van der Waals surface area contributed by atoms with Crippen LogP contribution >= 0.6 is 0 Å². The van der Waals surface area contributed by atoms with E-state index in [0.29, 0.717) is 25.3 Å². The molecule has 1 aromatic heterocycles. The molecular weight excluding hydrogens is 256 g/mol. The van der Waals surface area contributed by atoms with Gasteiger partial charge >= 0.3 is 0 Å². The van der Waals surface area contributed by atoms with Crippen LogP contribution in [0.1, 0.15) is 25.3 Å². The molecule has 2 rings (SSSR count). The van der Waals surface area contributed by atoms with E-state index >= 15 is 0 Å². The van der Waals surface area contributed by atoms with Crippen LogP contribution in [0.4, 0.5) is 11.5 Å². The Balaban J connectivity index is 2.07. The van der Waals surface area contributed by atoms with Gasteiger partial charge in [-0.05, 0) is 24.1 Å². The van der Waals surface area contributed by atoms with Gasteiger partial charge in [0, 0.05) is 31.8 Å². The SMILES string of the molecule is CCCNC(=O)/C=C/c1cnc2c(c1)NCCC(=O)N2. The van der Waals surface area contributed by atoms with Crippen LogP contribution in [0.2, 0.25) is 0 Å². The lowest BCUT2D eigenvalue weighted by molar-refractivity contribution is -0.117. The van der Waals surface area contributed by atoms with Crippen molar-refractivity contribution in [2.24, 2.45) is 0 Å². The number of hydrogen-bond donors (Lipinski definition) is 3. The molecule has 106 valence electrons. The van der Waals surface area contributed by atoms with Crippen LogP contribution in [0.15, 0.2) is 18.3 Å². The Hall–Kier alpha value is -2.37. The van der Waals surface area contributed by atoms with Gasteiger partial charge < -0.3 is 16.0 Å². The summed E-state index contributed by atoms with van der Waals surface area (Å²) in [4.78, 5) is 27.1. The van der Waals surface area contributed by atoms with Gasteiger partial charge in [0.2, 0.25) is 11.8 Å². The van der Waals surface area contributed by atoms with E-state index in [1.807, 2.05) is 13.0 Å². The van der Waals surface area contributed by atoms with Crippen LogP contribution in [-0.2, 0) is 9.59 Å². The maximum Gasteiger partial charge on any atom is 0.243 e. The van der Waals surface area contributed by atoms with Crippen molar-refractivity contribution in [3.8, 4) is 0 Å². The molecule has 0 atom stereocenters. The van der Waals surface area contributed by atoms with Crippen molar-refractivity contribution in [3.63, 3.8) is 0 Å². The maximum absolute atomic E-state index is 11.5. The molecule has 0 unspecified atom stereocenters. The highest BCUT2D eigenvalue weighted by Crippen LogP contribution is 2.23. The fraction of sp³-hybridized carbons (Fsp3) is 0.357. The van der Waals surface area contributed by atoms with Crippen molar-refractivity contribution < 1.29 is 9.59 Å². The Kier molecular flexibility index (Phi) is 4.70. The van der Waals surface area contributed by atoms with Crippen LogP contribution in [0.5, 0.6) is 0 Å². The summed E-state index contributed by atoms with van der Waals surface area (Å²) in [5.41, 5.74) is 1.58. The van der Waals surface area contributed by atoms with Gasteiger partial charge in [0.1, 0.15) is 0 Å². The quantitative estimate of drug-likeness (QED) is 0.724. The summed E-state index contributed by atoms with van der Waals surface area (Å²) in [6.45, 7) is 3.24. The van der Waals surface area contributed by atoms with Crippen LogP contribution in [-0.4, -0.2) is 29.9 Å². The minimum absolute atomic E-state index is 0.0500. The highest BCUT2D eigenvalue weighted by Gasteiger charge is 2.13. The molecule has 0 saturated carbocycles. The monoisotopic (exact) mass is 274 g/mol. The number of pyridine rings is 1. The molecule has 0 radical (unpaired) electrons. The molecule has 2 amide bonds. The lowest BCUT2D eigenvalue weighted by atomic mass is 10.2. The fourth-order valence-electron chi connectivity index (χ4n) is 1.79. The molecule has 0 bridgehead atoms. The summed E-state index contributed by atoms with van der Waals surface area (Å²) in [5, 5.41) is 8.63. The average Bonchev–Trinajstić information content (AvgIpc) is 2.63. The number of anilines is 2. The summed E-state index contributed by atoms with van der Waals surface area (Å²) >= 11 is 0. The number of nitrogens with zero attached hydrogens (tertiary/aromatic N) is 1. The van der Waals surface area contributed by atoms with E-state index in [1.165, 1.54) is 6.08 Å². The molecule has 0 aromatic carbocycles. The van der Waals surface area contributed by atoms with Gasteiger partial charge in [-0.25, -0.2) is 4.98 Å². The highest BCUT2D eigenvalue weighted by atomic mass is 16.2. The fourth-order valence-corrected chi connectivity index (χ4v) is 1.79. The van der Waals surface area contributed by atoms with Crippen LogP contribution in [0.25, 0.3) is 6.08 Å². The molecule has 1 aliphatic rings. The summed E-state index contributed by atoms with van der Waals surface area (Å²) in [5.74, 6) is 0.356. The van der Waals surface area contributed by atoms with E-state index in [4.69, 9.17) is 0 Å². The summed E-state index contributed by atoms with van der Waals surface area (Å²) < 4.78 is 0. The Morgan fingerprint density at radius 1 is 1.55 bits per heavy atom. The Bertz CT molecular complexity index is 540. The van der Waals surface area contributed by atoms with Gasteiger partial charge in [-0.3, -0.25) is 9.59 Å². The molecule has 2 heterocycles. The van der Waals surface area contributed by atoms with Crippen molar-refractivity contribution >= 4 is 29.4 Å². The predicted octanol–water partition coefficient (Wildman–Crippen LogP) is 1.38. The molecule has 1 aromatic rings. The van der Waals surface area contributed by atoms with Gasteiger partial charge in [-0.15, -0.1) is 0 Å². The molecule has 3 N–H and O–H groups in total. The lowest BCUT2D eigenvalue weighted by Crippen LogP contribution is -2.21. The molecule has 6 heteroatoms. The first-order valence-corrected chi connectivity index (χ1v) is 6.68. The third kappa shape index (κ3) is 3.81. The second-order valence-corrected chi connectivity index (χ2v) is 4.51. The summed E-state index contributed by atoms with van der Waals surface area (Å²) in [7, 11) is 0. The average molecular weight is 274 g/mol. The highest BCUT2D eigenvalue weighted by molar-refractivity contribution is 5.95. The van der Waals surface area contributed by atoms with Gasteiger partial charge in [0.25, 0.3) is 0 Å². The van der Waals surface area contributed by atoms with Gasteiger partial charge in [-0.1, -0.05) is 6.92 Å². The largest absolute Gasteiger partial charge is 0.382 e. The normalized spacial score (nSPS) is 14.2. The predicted molar refractivity (Wildman–Crippen MR) is 78.3 cm³/mol. The Morgan fingerprint density at radius 2 is 2.40 bits per heavy atom. The second kappa shape index (κ2) is 6.70. The first-order valence-electron chi connectivity index (χ1n) is 6.68. The topological polar surface area (TPSA) is 83.1 Å². The van der Waals surface area contributed by atoms with Gasteiger partial charge in [0.15, 0.2) is 5.82 Å². The zero-order chi connectivity index (χ0) is 14.4. The molecule has 20 heavy (non-hydrogen) atoms. The Morgan fingerprint density at radius 3 is 3.20 bits per heavy atom. The van der Waals surface area contributed by atoms with Crippen LogP contribution < -0.4 is 16.0 Å². The van der Waals surface area contributed by atoms with E-state index in [2.05, 4.69) is 20.9 Å². The number of carbonyl (C=O) groups is 2. The van der Waals surface area contributed by atoms with Crippen molar-refractivity contribution in [1.82, 2.24) is 10.3 Å². The molecule has 1 aliphatic heterocycles. The molecule has 0 saturated heterocycles. The van der Waals surface area contributed by atoms with Crippen molar-refractivity contribution in [2.45, 2.75) is 19.8 Å². The molecular formula is C14H18N4O2. The number of aromatic nitrogens is 1. The van der Waals surface area contributed by atoms with Gasteiger partial charge in [-0.2, -0.15) is 0 Å². The third-order valence-corrected chi connectivity index (χ3v) is 2.81. The number of fused-ring (bicyclic) bond motifs is 1. The first-order chi connectivity index (χ1) is 9.69. The summed E-state index contributed by atoms with van der Waals surface area (Å²) in [6, 6.07) is 1.86. The van der Waals surface area contributed by atoms with E-state index in [-0.39, 0.29) is 11.8 Å². The van der Waals surface area contributed by atoms with E-state index in [9.17, 15) is 9.59 Å². The zero-order valence-electron chi connectivity index (χ0n) is 11.4. The van der Waals surface area contributed by atoms with Crippen molar-refractivity contribution in [1.29, 1.82) is 0 Å². The molecule has 6 nitrogen and oxygen atoms in total. The standard InChI is InChI=1S/C14H18N4O2/c1-2-6-16-12(19)4-3-10-8-11-14(17-9-10)18-13(20)5-7-15-11/h3-4,8-9,15H,2,5-7H2,1H3,(H,16,19)(H,17,18,20)/b4-3+. The van der Waals surface area contributed by atoms with Crippen LogP contribution in [0, 0.1) is 0 Å². The van der Waals surface area contributed by atoms with Crippen molar-refractivity contribution in [2.75, 3.05) is 23.7 Å². The Labute approximate surface area is 117 Å². The number of hydrogen-bond acceptors (Lipinski definition) is 4. The molecule has 0 spiro atoms. The first kappa shape index (κ1) is 14.0. The zero-order valence-corrected chi connectivity index (χ0v) is 11.4. The van der Waals surface area contributed by atoms with E-state index in [0.717, 1.165) is 17.7 Å². The van der Waals surface area contributed by atoms with Crippen LogP contribution in [0.3, 0.4) is 0 Å². The number of nitrogens with one attached hydrogen (secondary N) is 3. The lowest BCUT2D eigenvalue weighted by Gasteiger charge is -2.07. The number of rotatable bonds is 4. The van der Waals surface area contributed by atoms with Crippen molar-refractivity contribution in [3.05, 3.63) is 23.9 Å². The van der Waals surface area contributed by atoms with E-state index < -0.39 is 0 Å². The van der Waals surface area contributed by atoms with E-state index in [1.54, 1.807) is 12.3 Å². The second-order valence-electron chi connectivity index (χ2n) is 4.51. The minimum atomic E-state index is -0.122. The molecule has 0 aliphatic carbocycles.